The summed E-state index contributed by atoms with van der Waals surface area (Å²) in [6.07, 6.45) is 15.8. The first-order valence-corrected chi connectivity index (χ1v) is 14.9. The van der Waals surface area contributed by atoms with E-state index >= 15 is 0 Å². The number of fused-ring (bicyclic) bond motifs is 2. The molecule has 0 radical (unpaired) electrons. The molecule has 0 spiro atoms. The Morgan fingerprint density at radius 1 is 1.03 bits per heavy atom. The Hall–Kier alpha value is -2.18. The Kier molecular flexibility index (Phi) is 17.9. The van der Waals surface area contributed by atoms with Crippen molar-refractivity contribution in [2.24, 2.45) is 11.3 Å². The van der Waals surface area contributed by atoms with E-state index in [0.717, 1.165) is 24.1 Å². The van der Waals surface area contributed by atoms with E-state index in [2.05, 4.69) is 80.3 Å². The Labute approximate surface area is 224 Å². The molecule has 2 nitrogen and oxygen atoms in total. The summed E-state index contributed by atoms with van der Waals surface area (Å²) in [5, 5.41) is 1.20. The highest BCUT2D eigenvalue weighted by Crippen LogP contribution is 2.62. The molecule has 1 fully saturated rings. The van der Waals surface area contributed by atoms with Crippen LogP contribution in [0.5, 0.6) is 0 Å². The van der Waals surface area contributed by atoms with Crippen LogP contribution < -0.4 is 0 Å². The van der Waals surface area contributed by atoms with Gasteiger partial charge in [0.15, 0.2) is 0 Å². The molecule has 0 aliphatic heterocycles. The van der Waals surface area contributed by atoms with E-state index < -0.39 is 0 Å². The van der Waals surface area contributed by atoms with Crippen LogP contribution in [-0.2, 0) is 0 Å². The summed E-state index contributed by atoms with van der Waals surface area (Å²) < 4.78 is 0. The molecular weight excluding hydrogens is 436 g/mol. The third-order valence-electron chi connectivity index (χ3n) is 6.85. The zero-order valence-corrected chi connectivity index (χ0v) is 25.4. The second-order valence-electron chi connectivity index (χ2n) is 9.02. The summed E-state index contributed by atoms with van der Waals surface area (Å²) >= 11 is 0. The Morgan fingerprint density at radius 3 is 2.22 bits per heavy atom. The zero-order valence-electron chi connectivity index (χ0n) is 25.4. The standard InChI is InChI=1S/C25H30N2.C3H8.3C2H6/c1-4-8-19(9-5-2)24(25-14-7-6-10-21(25)13-15-25)20-11-12-23-22(16-20)18(3)26-17-27-23;1-3-2;3*1-2/h4,6,11-12,16-17,19,24H,1,5,7-9,13-15H2,2-3H3;3H2,1-2H3;3*1-2H3/t19?,24?,25-;;;;/m0..../s1. The SMILES string of the molecule is C=CCC(CCC)C(c1ccc2ncnc(C)c2c1)[C@]12CCC=C=C1CC2.CC.CC.CC.CCC. The maximum atomic E-state index is 4.47. The van der Waals surface area contributed by atoms with Gasteiger partial charge in [0.25, 0.3) is 0 Å². The number of benzene rings is 1. The third-order valence-corrected chi connectivity index (χ3v) is 6.85. The fraction of sp³-hybridized carbons (Fsp3) is 0.618. The van der Waals surface area contributed by atoms with E-state index in [1.165, 1.54) is 49.5 Å². The number of hydrogen-bond acceptors (Lipinski definition) is 2. The van der Waals surface area contributed by atoms with Gasteiger partial charge >= 0.3 is 0 Å². The monoisotopic (exact) mass is 492 g/mol. The minimum atomic E-state index is 0.300. The van der Waals surface area contributed by atoms with Gasteiger partial charge in [-0.05, 0) is 86.6 Å². The fourth-order valence-electron chi connectivity index (χ4n) is 5.53. The summed E-state index contributed by atoms with van der Waals surface area (Å²) in [5.74, 6) is 1.16. The number of hydrogen-bond donors (Lipinski definition) is 0. The van der Waals surface area contributed by atoms with Crippen molar-refractivity contribution in [3.63, 3.8) is 0 Å². The summed E-state index contributed by atoms with van der Waals surface area (Å²) in [7, 11) is 0. The lowest BCUT2D eigenvalue weighted by atomic mass is 9.50. The molecule has 202 valence electrons. The van der Waals surface area contributed by atoms with E-state index in [0.29, 0.717) is 17.3 Å². The average molecular weight is 493 g/mol. The van der Waals surface area contributed by atoms with Crippen LogP contribution in [-0.4, -0.2) is 9.97 Å². The van der Waals surface area contributed by atoms with Gasteiger partial charge in [-0.3, -0.25) is 0 Å². The topological polar surface area (TPSA) is 25.8 Å². The van der Waals surface area contributed by atoms with Crippen LogP contribution in [0.15, 0.2) is 54.6 Å². The molecule has 3 atom stereocenters. The van der Waals surface area contributed by atoms with Crippen molar-refractivity contribution >= 4 is 10.9 Å². The molecule has 0 amide bonds. The second kappa shape index (κ2) is 19.0. The number of rotatable bonds is 7. The first-order chi connectivity index (χ1) is 17.6. The van der Waals surface area contributed by atoms with Gasteiger partial charge in [0.1, 0.15) is 6.33 Å². The van der Waals surface area contributed by atoms with Crippen LogP contribution in [0.4, 0.5) is 0 Å². The highest BCUT2D eigenvalue weighted by atomic mass is 14.8. The number of aromatic nitrogens is 2. The van der Waals surface area contributed by atoms with E-state index in [1.54, 1.807) is 11.9 Å². The van der Waals surface area contributed by atoms with Gasteiger partial charge in [-0.15, -0.1) is 12.3 Å². The second-order valence-corrected chi connectivity index (χ2v) is 9.02. The van der Waals surface area contributed by atoms with Gasteiger partial charge in [0.05, 0.1) is 5.52 Å². The first-order valence-electron chi connectivity index (χ1n) is 14.9. The highest BCUT2D eigenvalue weighted by molar-refractivity contribution is 5.81. The molecule has 2 heteroatoms. The smallest absolute Gasteiger partial charge is 0.116 e. The number of allylic oxidation sites excluding steroid dienone is 2. The van der Waals surface area contributed by atoms with Crippen molar-refractivity contribution in [2.45, 2.75) is 127 Å². The van der Waals surface area contributed by atoms with Gasteiger partial charge in [-0.2, -0.15) is 0 Å². The van der Waals surface area contributed by atoms with Crippen LogP contribution >= 0.6 is 0 Å². The Balaban J connectivity index is 0.00000122. The van der Waals surface area contributed by atoms with Crippen LogP contribution in [0.3, 0.4) is 0 Å². The average Bonchev–Trinajstić information content (AvgIpc) is 2.91. The minimum absolute atomic E-state index is 0.300. The van der Waals surface area contributed by atoms with Crippen LogP contribution in [0.25, 0.3) is 10.9 Å². The van der Waals surface area contributed by atoms with Crippen molar-refractivity contribution in [1.29, 1.82) is 0 Å². The van der Waals surface area contributed by atoms with Gasteiger partial charge < -0.3 is 0 Å². The summed E-state index contributed by atoms with van der Waals surface area (Å²) in [6, 6.07) is 6.90. The number of nitrogens with zero attached hydrogens (tertiary/aromatic N) is 2. The van der Waals surface area contributed by atoms with E-state index in [9.17, 15) is 0 Å². The molecule has 1 aromatic carbocycles. The lowest BCUT2D eigenvalue weighted by molar-refractivity contribution is 0.118. The normalized spacial score (nSPS) is 18.4. The minimum Gasteiger partial charge on any atom is -0.241 e. The summed E-state index contributed by atoms with van der Waals surface area (Å²) in [4.78, 5) is 8.90. The molecular formula is C34H56N2. The molecule has 36 heavy (non-hydrogen) atoms. The van der Waals surface area contributed by atoms with E-state index in [4.69, 9.17) is 0 Å². The molecule has 2 aliphatic carbocycles. The predicted molar refractivity (Wildman–Crippen MR) is 163 cm³/mol. The summed E-state index contributed by atoms with van der Waals surface area (Å²) in [5.41, 5.74) is 9.08. The summed E-state index contributed by atoms with van der Waals surface area (Å²) in [6.45, 7) is 24.7. The van der Waals surface area contributed by atoms with Crippen LogP contribution in [0.1, 0.15) is 131 Å². The molecule has 2 unspecified atom stereocenters. The molecule has 1 saturated carbocycles. The quantitative estimate of drug-likeness (QED) is 0.284. The van der Waals surface area contributed by atoms with Gasteiger partial charge in [-0.1, -0.05) is 87.3 Å². The molecule has 4 rings (SSSR count). The predicted octanol–water partition coefficient (Wildman–Crippen LogP) is 11.2. The number of aryl methyl sites for hydroxylation is 1. The van der Waals surface area contributed by atoms with Crippen molar-refractivity contribution in [2.75, 3.05) is 0 Å². The third kappa shape index (κ3) is 8.17. The van der Waals surface area contributed by atoms with Gasteiger partial charge in [0, 0.05) is 16.5 Å². The van der Waals surface area contributed by atoms with Crippen LogP contribution in [0.2, 0.25) is 0 Å². The Morgan fingerprint density at radius 2 is 1.69 bits per heavy atom. The molecule has 0 bridgehead atoms. The molecule has 1 aromatic heterocycles. The first kappa shape index (κ1) is 33.8. The zero-order chi connectivity index (χ0) is 27.6. The highest BCUT2D eigenvalue weighted by Gasteiger charge is 2.51. The van der Waals surface area contributed by atoms with E-state index in [1.807, 2.05) is 41.5 Å². The molecule has 0 saturated heterocycles. The van der Waals surface area contributed by atoms with Crippen molar-refractivity contribution in [3.05, 3.63) is 65.8 Å². The lowest BCUT2D eigenvalue weighted by Crippen LogP contribution is -2.42. The fourth-order valence-corrected chi connectivity index (χ4v) is 5.53. The maximum absolute atomic E-state index is 4.47. The molecule has 2 aliphatic rings. The van der Waals surface area contributed by atoms with Crippen molar-refractivity contribution in [1.82, 2.24) is 9.97 Å². The molecule has 0 N–H and O–H groups in total. The van der Waals surface area contributed by atoms with Crippen LogP contribution in [0, 0.1) is 18.3 Å². The lowest BCUT2D eigenvalue weighted by Gasteiger charge is -2.53. The maximum Gasteiger partial charge on any atom is 0.116 e. The van der Waals surface area contributed by atoms with Gasteiger partial charge in [-0.25, -0.2) is 9.97 Å². The van der Waals surface area contributed by atoms with E-state index in [-0.39, 0.29) is 0 Å². The van der Waals surface area contributed by atoms with Crippen molar-refractivity contribution < 1.29 is 0 Å². The van der Waals surface area contributed by atoms with Crippen molar-refractivity contribution in [3.8, 4) is 0 Å². The van der Waals surface area contributed by atoms with Gasteiger partial charge in [0.2, 0.25) is 0 Å². The molecule has 1 heterocycles. The largest absolute Gasteiger partial charge is 0.241 e. The molecule has 2 aromatic rings. The Bertz CT molecular complexity index is 935.